The van der Waals surface area contributed by atoms with Crippen molar-refractivity contribution >= 4 is 40.9 Å². The molecule has 1 heterocycles. The van der Waals surface area contributed by atoms with Gasteiger partial charge in [-0.25, -0.2) is 9.97 Å². The summed E-state index contributed by atoms with van der Waals surface area (Å²) in [5.41, 5.74) is 9.31. The van der Waals surface area contributed by atoms with E-state index in [1.807, 2.05) is 32.9 Å². The number of nitrogens with zero attached hydrogens (tertiary/aromatic N) is 2. The number of hydrogen-bond acceptors (Lipinski definition) is 5. The zero-order valence-corrected chi connectivity index (χ0v) is 16.5. The van der Waals surface area contributed by atoms with Crippen LogP contribution in [-0.4, -0.2) is 27.5 Å². The predicted molar refractivity (Wildman–Crippen MR) is 105 cm³/mol. The van der Waals surface area contributed by atoms with Crippen LogP contribution in [0.4, 0.5) is 5.69 Å². The molecule has 2 amide bonds. The topological polar surface area (TPSA) is 98.0 Å². The number of anilines is 1. The van der Waals surface area contributed by atoms with E-state index in [-0.39, 0.29) is 11.7 Å². The first-order valence-electron chi connectivity index (χ1n) is 8.07. The second kappa shape index (κ2) is 9.00. The minimum atomic E-state index is -0.411. The molecule has 3 N–H and O–H groups in total. The number of halogens is 1. The summed E-state index contributed by atoms with van der Waals surface area (Å²) in [6.07, 6.45) is 0.841. The van der Waals surface area contributed by atoms with Gasteiger partial charge in [-0.1, -0.05) is 29.4 Å². The van der Waals surface area contributed by atoms with Crippen LogP contribution < -0.4 is 11.1 Å². The number of amides is 2. The number of benzene rings is 1. The molecule has 0 aliphatic heterocycles. The minimum Gasteiger partial charge on any atom is -0.369 e. The molecule has 0 radical (unpaired) electrons. The van der Waals surface area contributed by atoms with Crippen molar-refractivity contribution < 1.29 is 9.59 Å². The SMILES string of the molecule is Cc1ccc(NC(=O)CCc2c(C)nc(SCC(N)=O)nc2C)cc1Cl. The highest BCUT2D eigenvalue weighted by molar-refractivity contribution is 7.99. The van der Waals surface area contributed by atoms with Crippen molar-refractivity contribution in [3.63, 3.8) is 0 Å². The van der Waals surface area contributed by atoms with Crippen LogP contribution in [0.15, 0.2) is 23.4 Å². The molecule has 0 bridgehead atoms. The summed E-state index contributed by atoms with van der Waals surface area (Å²) >= 11 is 7.28. The van der Waals surface area contributed by atoms with Gasteiger partial charge >= 0.3 is 0 Å². The summed E-state index contributed by atoms with van der Waals surface area (Å²) in [7, 11) is 0. The van der Waals surface area contributed by atoms with Crippen LogP contribution in [0.5, 0.6) is 0 Å². The minimum absolute atomic E-state index is 0.101. The van der Waals surface area contributed by atoms with Crippen molar-refractivity contribution in [1.29, 1.82) is 0 Å². The van der Waals surface area contributed by atoms with E-state index in [2.05, 4.69) is 15.3 Å². The van der Waals surface area contributed by atoms with Crippen molar-refractivity contribution in [2.45, 2.75) is 38.8 Å². The quantitative estimate of drug-likeness (QED) is 0.557. The Balaban J connectivity index is 1.98. The first-order valence-corrected chi connectivity index (χ1v) is 9.44. The van der Waals surface area contributed by atoms with Crippen LogP contribution in [0.1, 0.15) is 28.9 Å². The molecule has 0 unspecified atom stereocenters. The molecular formula is C18H21ClN4O2S. The Morgan fingerprint density at radius 2 is 1.85 bits per heavy atom. The predicted octanol–water partition coefficient (Wildman–Crippen LogP) is 3.20. The van der Waals surface area contributed by atoms with Crippen LogP contribution in [-0.2, 0) is 16.0 Å². The van der Waals surface area contributed by atoms with E-state index in [9.17, 15) is 9.59 Å². The smallest absolute Gasteiger partial charge is 0.227 e. The van der Waals surface area contributed by atoms with Gasteiger partial charge in [-0.05, 0) is 50.5 Å². The summed E-state index contributed by atoms with van der Waals surface area (Å²) in [4.78, 5) is 31.8. The fraction of sp³-hybridized carbons (Fsp3) is 0.333. The normalized spacial score (nSPS) is 10.6. The molecule has 1 aromatic heterocycles. The van der Waals surface area contributed by atoms with Crippen molar-refractivity contribution in [3.05, 3.63) is 45.7 Å². The third kappa shape index (κ3) is 5.71. The number of aryl methyl sites for hydroxylation is 3. The number of primary amides is 1. The summed E-state index contributed by atoms with van der Waals surface area (Å²) < 4.78 is 0. The van der Waals surface area contributed by atoms with Gasteiger partial charge in [-0.3, -0.25) is 9.59 Å². The summed E-state index contributed by atoms with van der Waals surface area (Å²) in [5.74, 6) is -0.374. The first-order chi connectivity index (χ1) is 12.3. The zero-order chi connectivity index (χ0) is 19.3. The molecular weight excluding hydrogens is 372 g/mol. The number of nitrogens with one attached hydrogen (secondary N) is 1. The second-order valence-corrected chi connectivity index (χ2v) is 7.27. The lowest BCUT2D eigenvalue weighted by atomic mass is 10.1. The third-order valence-electron chi connectivity index (χ3n) is 3.80. The molecule has 138 valence electrons. The fourth-order valence-electron chi connectivity index (χ4n) is 2.40. The molecule has 0 atom stereocenters. The van der Waals surface area contributed by atoms with Crippen LogP contribution in [0.2, 0.25) is 5.02 Å². The maximum absolute atomic E-state index is 12.2. The van der Waals surface area contributed by atoms with Crippen LogP contribution in [0, 0.1) is 20.8 Å². The van der Waals surface area contributed by atoms with Gasteiger partial charge in [-0.15, -0.1) is 0 Å². The first kappa shape index (κ1) is 20.2. The van der Waals surface area contributed by atoms with Gasteiger partial charge in [-0.2, -0.15) is 0 Å². The van der Waals surface area contributed by atoms with E-state index in [4.69, 9.17) is 17.3 Å². The Bertz CT molecular complexity index is 819. The largest absolute Gasteiger partial charge is 0.369 e. The number of nitrogens with two attached hydrogens (primary N) is 1. The van der Waals surface area contributed by atoms with Crippen LogP contribution in [0.25, 0.3) is 0 Å². The standard InChI is InChI=1S/C18H21ClN4O2S/c1-10-4-5-13(8-15(10)19)23-17(25)7-6-14-11(2)21-18(22-12(14)3)26-9-16(20)24/h4-5,8H,6-7,9H2,1-3H3,(H2,20,24)(H,23,25). The number of aromatic nitrogens is 2. The van der Waals surface area contributed by atoms with Gasteiger partial charge in [0.1, 0.15) is 0 Å². The summed E-state index contributed by atoms with van der Waals surface area (Å²) in [5, 5.41) is 3.98. The lowest BCUT2D eigenvalue weighted by Gasteiger charge is -2.11. The third-order valence-corrected chi connectivity index (χ3v) is 5.08. The van der Waals surface area contributed by atoms with Gasteiger partial charge in [0.05, 0.1) is 5.75 Å². The van der Waals surface area contributed by atoms with E-state index in [0.29, 0.717) is 28.7 Å². The average molecular weight is 393 g/mol. The molecule has 1 aromatic carbocycles. The maximum Gasteiger partial charge on any atom is 0.227 e. The van der Waals surface area contributed by atoms with Crippen molar-refractivity contribution in [3.8, 4) is 0 Å². The van der Waals surface area contributed by atoms with Crippen molar-refractivity contribution in [2.24, 2.45) is 5.73 Å². The van der Waals surface area contributed by atoms with Crippen LogP contribution >= 0.6 is 23.4 Å². The van der Waals surface area contributed by atoms with Gasteiger partial charge in [0.15, 0.2) is 5.16 Å². The molecule has 2 rings (SSSR count). The highest BCUT2D eigenvalue weighted by Crippen LogP contribution is 2.21. The number of carbonyl (C=O) groups is 2. The van der Waals surface area contributed by atoms with Gasteiger partial charge in [0, 0.05) is 28.5 Å². The van der Waals surface area contributed by atoms with E-state index in [1.54, 1.807) is 6.07 Å². The van der Waals surface area contributed by atoms with Gasteiger partial charge in [0.2, 0.25) is 11.8 Å². The number of carbonyl (C=O) groups excluding carboxylic acids is 2. The second-order valence-electron chi connectivity index (χ2n) is 5.92. The van der Waals surface area contributed by atoms with E-state index < -0.39 is 5.91 Å². The zero-order valence-electron chi connectivity index (χ0n) is 14.9. The lowest BCUT2D eigenvalue weighted by Crippen LogP contribution is -2.15. The Hall–Kier alpha value is -2.12. The lowest BCUT2D eigenvalue weighted by molar-refractivity contribution is -0.116. The Labute approximate surface area is 161 Å². The highest BCUT2D eigenvalue weighted by atomic mass is 35.5. The molecule has 0 aliphatic rings. The Morgan fingerprint density at radius 1 is 1.19 bits per heavy atom. The van der Waals surface area contributed by atoms with E-state index in [0.717, 1.165) is 22.5 Å². The molecule has 2 aromatic rings. The monoisotopic (exact) mass is 392 g/mol. The van der Waals surface area contributed by atoms with Gasteiger partial charge in [0.25, 0.3) is 0 Å². The number of hydrogen-bond donors (Lipinski definition) is 2. The fourth-order valence-corrected chi connectivity index (χ4v) is 3.26. The molecule has 0 saturated carbocycles. The molecule has 8 heteroatoms. The molecule has 26 heavy (non-hydrogen) atoms. The Kier molecular flexibility index (Phi) is 6.99. The molecule has 0 fully saturated rings. The average Bonchev–Trinajstić information content (AvgIpc) is 2.55. The number of thioether (sulfide) groups is 1. The van der Waals surface area contributed by atoms with Gasteiger partial charge < -0.3 is 11.1 Å². The highest BCUT2D eigenvalue weighted by Gasteiger charge is 2.12. The van der Waals surface area contributed by atoms with Crippen molar-refractivity contribution in [2.75, 3.05) is 11.1 Å². The molecule has 6 nitrogen and oxygen atoms in total. The summed E-state index contributed by atoms with van der Waals surface area (Å²) in [6.45, 7) is 5.65. The Morgan fingerprint density at radius 3 is 2.42 bits per heavy atom. The summed E-state index contributed by atoms with van der Waals surface area (Å²) in [6, 6.07) is 5.42. The van der Waals surface area contributed by atoms with E-state index >= 15 is 0 Å². The molecule has 0 saturated heterocycles. The maximum atomic E-state index is 12.2. The molecule has 0 spiro atoms. The number of rotatable bonds is 7. The van der Waals surface area contributed by atoms with E-state index in [1.165, 1.54) is 11.8 Å². The van der Waals surface area contributed by atoms with Crippen molar-refractivity contribution in [1.82, 2.24) is 9.97 Å². The van der Waals surface area contributed by atoms with Crippen LogP contribution in [0.3, 0.4) is 0 Å². The molecule has 0 aliphatic carbocycles.